The lowest BCUT2D eigenvalue weighted by atomic mass is 10.0. The SMILES string of the molecule is CNC(CCC(=O)NC(CCC(=O)NC(CCC(C)=O)C(C)=O)C(C)=O)C(C)=O. The fourth-order valence-corrected chi connectivity index (χ4v) is 2.74. The van der Waals surface area contributed by atoms with Crippen molar-refractivity contribution in [2.75, 3.05) is 7.05 Å². The Morgan fingerprint density at radius 1 is 0.586 bits per heavy atom. The Morgan fingerprint density at radius 2 is 0.931 bits per heavy atom. The fourth-order valence-electron chi connectivity index (χ4n) is 2.74. The van der Waals surface area contributed by atoms with Crippen LogP contribution in [0.25, 0.3) is 0 Å². The fraction of sp³-hybridized carbons (Fsp3) is 0.700. The van der Waals surface area contributed by atoms with Crippen LogP contribution >= 0.6 is 0 Å². The average Bonchev–Trinajstić information content (AvgIpc) is 2.61. The van der Waals surface area contributed by atoms with Gasteiger partial charge in [0, 0.05) is 19.3 Å². The lowest BCUT2D eigenvalue weighted by molar-refractivity contribution is -0.129. The molecule has 3 unspecified atom stereocenters. The topological polar surface area (TPSA) is 139 Å². The average molecular weight is 411 g/mol. The minimum atomic E-state index is -0.827. The van der Waals surface area contributed by atoms with Gasteiger partial charge in [0.15, 0.2) is 11.6 Å². The van der Waals surface area contributed by atoms with Crippen LogP contribution in [-0.4, -0.2) is 60.1 Å². The summed E-state index contributed by atoms with van der Waals surface area (Å²) in [5, 5.41) is 7.98. The van der Waals surface area contributed by atoms with E-state index >= 15 is 0 Å². The van der Waals surface area contributed by atoms with Crippen LogP contribution in [0.1, 0.15) is 66.2 Å². The van der Waals surface area contributed by atoms with E-state index in [1.165, 1.54) is 27.7 Å². The van der Waals surface area contributed by atoms with Crippen molar-refractivity contribution in [2.24, 2.45) is 0 Å². The molecular formula is C20H33N3O6. The molecule has 0 aliphatic rings. The number of carbonyl (C=O) groups is 6. The third-order valence-electron chi connectivity index (χ3n) is 4.60. The molecular weight excluding hydrogens is 378 g/mol. The lowest BCUT2D eigenvalue weighted by Crippen LogP contribution is -2.43. The van der Waals surface area contributed by atoms with Gasteiger partial charge in [0.25, 0.3) is 0 Å². The van der Waals surface area contributed by atoms with Crippen molar-refractivity contribution < 1.29 is 28.8 Å². The highest BCUT2D eigenvalue weighted by Gasteiger charge is 2.22. The van der Waals surface area contributed by atoms with Gasteiger partial charge in [-0.25, -0.2) is 0 Å². The quantitative estimate of drug-likeness (QED) is 0.351. The van der Waals surface area contributed by atoms with Crippen LogP contribution in [0.3, 0.4) is 0 Å². The molecule has 0 aromatic heterocycles. The first-order valence-electron chi connectivity index (χ1n) is 9.74. The van der Waals surface area contributed by atoms with Gasteiger partial charge in [-0.2, -0.15) is 0 Å². The Hall–Kier alpha value is -2.42. The van der Waals surface area contributed by atoms with Crippen molar-refractivity contribution >= 4 is 34.9 Å². The summed E-state index contributed by atoms with van der Waals surface area (Å²) in [6.45, 7) is 5.50. The molecule has 0 bridgehead atoms. The molecule has 0 heterocycles. The molecule has 0 saturated carbocycles. The summed E-state index contributed by atoms with van der Waals surface area (Å²) in [7, 11) is 1.63. The van der Waals surface area contributed by atoms with Crippen molar-refractivity contribution in [1.29, 1.82) is 0 Å². The van der Waals surface area contributed by atoms with Gasteiger partial charge in [0.1, 0.15) is 11.6 Å². The first kappa shape index (κ1) is 26.6. The summed E-state index contributed by atoms with van der Waals surface area (Å²) in [6, 6.07) is -2.01. The molecule has 3 atom stereocenters. The highest BCUT2D eigenvalue weighted by Crippen LogP contribution is 2.05. The molecule has 2 amide bonds. The molecule has 3 N–H and O–H groups in total. The van der Waals surface area contributed by atoms with E-state index in [0.717, 1.165) is 0 Å². The predicted octanol–water partition coefficient (Wildman–Crippen LogP) is 0.241. The second-order valence-electron chi connectivity index (χ2n) is 7.23. The number of hydrogen-bond acceptors (Lipinski definition) is 7. The van der Waals surface area contributed by atoms with E-state index in [1.807, 2.05) is 0 Å². The zero-order chi connectivity index (χ0) is 22.6. The summed E-state index contributed by atoms with van der Waals surface area (Å²) >= 11 is 0. The van der Waals surface area contributed by atoms with Gasteiger partial charge in [0.05, 0.1) is 18.1 Å². The van der Waals surface area contributed by atoms with Crippen molar-refractivity contribution in [3.63, 3.8) is 0 Å². The van der Waals surface area contributed by atoms with Gasteiger partial charge in [0.2, 0.25) is 11.8 Å². The first-order valence-corrected chi connectivity index (χ1v) is 9.74. The maximum Gasteiger partial charge on any atom is 0.220 e. The number of ketones is 4. The molecule has 0 saturated heterocycles. The van der Waals surface area contributed by atoms with Crippen LogP contribution in [0.5, 0.6) is 0 Å². The molecule has 0 aromatic rings. The molecule has 0 aliphatic heterocycles. The molecule has 0 aromatic carbocycles. The normalized spacial score (nSPS) is 13.7. The molecule has 0 aliphatic carbocycles. The highest BCUT2D eigenvalue weighted by atomic mass is 16.2. The molecule has 0 rings (SSSR count). The lowest BCUT2D eigenvalue weighted by Gasteiger charge is -2.19. The molecule has 164 valence electrons. The summed E-state index contributed by atoms with van der Waals surface area (Å²) in [6.07, 6.45) is 0.821. The van der Waals surface area contributed by atoms with Gasteiger partial charge in [-0.15, -0.1) is 0 Å². The van der Waals surface area contributed by atoms with Gasteiger partial charge in [-0.1, -0.05) is 0 Å². The molecule has 9 nitrogen and oxygen atoms in total. The van der Waals surface area contributed by atoms with Crippen LogP contribution < -0.4 is 16.0 Å². The smallest absolute Gasteiger partial charge is 0.220 e. The summed E-state index contributed by atoms with van der Waals surface area (Å²) in [5.74, 6) is -1.50. The molecule has 29 heavy (non-hydrogen) atoms. The minimum absolute atomic E-state index is 0.0546. The minimum Gasteiger partial charge on any atom is -0.346 e. The number of carbonyl (C=O) groups excluding carboxylic acids is 6. The van der Waals surface area contributed by atoms with E-state index in [2.05, 4.69) is 16.0 Å². The Bertz CT molecular complexity index is 632. The maximum absolute atomic E-state index is 12.1. The van der Waals surface area contributed by atoms with Crippen LogP contribution in [0.2, 0.25) is 0 Å². The number of amides is 2. The van der Waals surface area contributed by atoms with Gasteiger partial charge in [-0.05, 0) is 54.0 Å². The molecule has 0 fully saturated rings. The number of hydrogen-bond donors (Lipinski definition) is 3. The zero-order valence-electron chi connectivity index (χ0n) is 17.9. The van der Waals surface area contributed by atoms with E-state index < -0.39 is 24.0 Å². The number of likely N-dealkylation sites (N-methyl/N-ethyl adjacent to an activating group) is 1. The Kier molecular flexibility index (Phi) is 12.6. The van der Waals surface area contributed by atoms with E-state index in [4.69, 9.17) is 0 Å². The Balaban J connectivity index is 4.61. The van der Waals surface area contributed by atoms with E-state index in [1.54, 1.807) is 7.05 Å². The third-order valence-corrected chi connectivity index (χ3v) is 4.60. The van der Waals surface area contributed by atoms with Crippen LogP contribution in [0.15, 0.2) is 0 Å². The molecule has 9 heteroatoms. The maximum atomic E-state index is 12.1. The number of rotatable bonds is 15. The second kappa shape index (κ2) is 13.7. The zero-order valence-corrected chi connectivity index (χ0v) is 17.9. The van der Waals surface area contributed by atoms with Crippen molar-refractivity contribution in [3.8, 4) is 0 Å². The standard InChI is InChI=1S/C20H33N3O6/c1-12(24)6-7-17(14(3)26)22-20(29)11-9-18(15(4)27)23-19(28)10-8-16(21-5)13(2)25/h16-18,21H,6-11H2,1-5H3,(H,22,29)(H,23,28). The van der Waals surface area contributed by atoms with Gasteiger partial charge in [-0.3, -0.25) is 24.0 Å². The Labute approximate surface area is 171 Å². The van der Waals surface area contributed by atoms with Crippen molar-refractivity contribution in [2.45, 2.75) is 84.3 Å². The summed E-state index contributed by atoms with van der Waals surface area (Å²) in [4.78, 5) is 70.1. The van der Waals surface area contributed by atoms with Gasteiger partial charge < -0.3 is 20.7 Å². The van der Waals surface area contributed by atoms with Crippen LogP contribution in [0, 0.1) is 0 Å². The largest absolute Gasteiger partial charge is 0.346 e. The molecule has 0 spiro atoms. The van der Waals surface area contributed by atoms with Crippen molar-refractivity contribution in [1.82, 2.24) is 16.0 Å². The number of nitrogens with one attached hydrogen (secondary N) is 3. The predicted molar refractivity (Wildman–Crippen MR) is 107 cm³/mol. The van der Waals surface area contributed by atoms with Crippen LogP contribution in [0.4, 0.5) is 0 Å². The van der Waals surface area contributed by atoms with Crippen molar-refractivity contribution in [3.05, 3.63) is 0 Å². The summed E-state index contributed by atoms with van der Waals surface area (Å²) in [5.41, 5.74) is 0. The monoisotopic (exact) mass is 411 g/mol. The van der Waals surface area contributed by atoms with E-state index in [-0.39, 0.29) is 61.1 Å². The first-order chi connectivity index (χ1) is 13.5. The highest BCUT2D eigenvalue weighted by molar-refractivity contribution is 5.90. The Morgan fingerprint density at radius 3 is 1.24 bits per heavy atom. The van der Waals surface area contributed by atoms with E-state index in [9.17, 15) is 28.8 Å². The summed E-state index contributed by atoms with van der Waals surface area (Å²) < 4.78 is 0. The van der Waals surface area contributed by atoms with Crippen LogP contribution in [-0.2, 0) is 28.8 Å². The second-order valence-corrected chi connectivity index (χ2v) is 7.23. The van der Waals surface area contributed by atoms with Gasteiger partial charge >= 0.3 is 0 Å². The molecule has 0 radical (unpaired) electrons. The number of Topliss-reactive ketones (excluding diaryl/α,β-unsaturated/α-hetero) is 4. The third kappa shape index (κ3) is 11.9. The van der Waals surface area contributed by atoms with E-state index in [0.29, 0.717) is 6.42 Å².